The van der Waals surface area contributed by atoms with Gasteiger partial charge in [-0.15, -0.1) is 0 Å². The van der Waals surface area contributed by atoms with E-state index in [0.717, 1.165) is 17.8 Å². The molecule has 0 unspecified atom stereocenters. The molecule has 0 spiro atoms. The van der Waals surface area contributed by atoms with Gasteiger partial charge in [0.05, 0.1) is 0 Å². The lowest BCUT2D eigenvalue weighted by molar-refractivity contribution is -0.141. The van der Waals surface area contributed by atoms with Crippen molar-refractivity contribution in [1.29, 1.82) is 0 Å². The third kappa shape index (κ3) is 3.16. The predicted molar refractivity (Wildman–Crippen MR) is 61.2 cm³/mol. The van der Waals surface area contributed by atoms with Gasteiger partial charge in [0.1, 0.15) is 5.69 Å². The van der Waals surface area contributed by atoms with Gasteiger partial charge in [-0.1, -0.05) is 24.3 Å². The Balaban J connectivity index is 2.23. The molecule has 2 nitrogen and oxygen atoms in total. The highest BCUT2D eigenvalue weighted by Crippen LogP contribution is 2.27. The molecule has 0 bridgehead atoms. The summed E-state index contributed by atoms with van der Waals surface area (Å²) in [5, 5.41) is 0. The summed E-state index contributed by atoms with van der Waals surface area (Å²) in [5.41, 5.74) is -0.129. The molecule has 0 fully saturated rings. The lowest BCUT2D eigenvalue weighted by atomic mass is 10.2. The Kier molecular flexibility index (Phi) is 3.41. The summed E-state index contributed by atoms with van der Waals surface area (Å²) in [5.74, 6) is 0.0219. The van der Waals surface area contributed by atoms with Crippen molar-refractivity contribution in [1.82, 2.24) is 9.97 Å². The van der Waals surface area contributed by atoms with Gasteiger partial charge in [-0.3, -0.25) is 0 Å². The normalized spacial score (nSPS) is 11.9. The first kappa shape index (κ1) is 12.3. The Bertz CT molecular complexity index is 548. The van der Waals surface area contributed by atoms with Crippen LogP contribution in [0.1, 0.15) is 17.1 Å². The SMILES string of the molecule is FC(F)(F)c1ccnc(C=Cc2c[c]ccc2)n1. The van der Waals surface area contributed by atoms with E-state index < -0.39 is 11.9 Å². The molecule has 1 aromatic carbocycles. The molecule has 0 aliphatic rings. The predicted octanol–water partition coefficient (Wildman–Crippen LogP) is 3.47. The molecule has 2 rings (SSSR count). The van der Waals surface area contributed by atoms with E-state index in [1.54, 1.807) is 30.3 Å². The molecule has 0 saturated heterocycles. The number of halogens is 3. The van der Waals surface area contributed by atoms with Crippen molar-refractivity contribution in [3.63, 3.8) is 0 Å². The fraction of sp³-hybridized carbons (Fsp3) is 0.0769. The van der Waals surface area contributed by atoms with E-state index in [2.05, 4.69) is 16.0 Å². The first-order chi connectivity index (χ1) is 8.55. The number of alkyl halides is 3. The maximum atomic E-state index is 12.4. The topological polar surface area (TPSA) is 25.8 Å². The molecule has 0 aliphatic heterocycles. The van der Waals surface area contributed by atoms with Crippen LogP contribution in [0, 0.1) is 6.07 Å². The van der Waals surface area contributed by atoms with E-state index in [4.69, 9.17) is 0 Å². The van der Waals surface area contributed by atoms with Gasteiger partial charge in [0, 0.05) is 6.20 Å². The van der Waals surface area contributed by atoms with Gasteiger partial charge in [-0.2, -0.15) is 13.2 Å². The quantitative estimate of drug-likeness (QED) is 0.814. The zero-order valence-corrected chi connectivity index (χ0v) is 9.15. The average Bonchev–Trinajstić information content (AvgIpc) is 2.37. The summed E-state index contributed by atoms with van der Waals surface area (Å²) in [6, 6.07) is 10.7. The molecule has 0 N–H and O–H groups in total. The van der Waals surface area contributed by atoms with Crippen molar-refractivity contribution in [2.45, 2.75) is 6.18 Å². The summed E-state index contributed by atoms with van der Waals surface area (Å²) in [4.78, 5) is 7.19. The van der Waals surface area contributed by atoms with Crippen molar-refractivity contribution >= 4 is 12.2 Å². The molecular weight excluding hydrogens is 241 g/mol. The van der Waals surface area contributed by atoms with Gasteiger partial charge in [-0.05, 0) is 29.8 Å². The second-order valence-corrected chi connectivity index (χ2v) is 3.47. The first-order valence-corrected chi connectivity index (χ1v) is 5.10. The third-order valence-electron chi connectivity index (χ3n) is 2.12. The molecule has 1 radical (unpaired) electrons. The Hall–Kier alpha value is -2.17. The van der Waals surface area contributed by atoms with Crippen LogP contribution in [-0.4, -0.2) is 9.97 Å². The van der Waals surface area contributed by atoms with E-state index in [9.17, 15) is 13.2 Å². The highest BCUT2D eigenvalue weighted by molar-refractivity contribution is 5.66. The highest BCUT2D eigenvalue weighted by Gasteiger charge is 2.32. The number of benzene rings is 1. The van der Waals surface area contributed by atoms with Crippen LogP contribution in [0.3, 0.4) is 0 Å². The molecular formula is C13H8F3N2. The van der Waals surface area contributed by atoms with Gasteiger partial charge in [0.2, 0.25) is 0 Å². The lowest BCUT2D eigenvalue weighted by Gasteiger charge is -2.04. The van der Waals surface area contributed by atoms with E-state index >= 15 is 0 Å². The van der Waals surface area contributed by atoms with Crippen molar-refractivity contribution in [3.05, 3.63) is 59.7 Å². The molecule has 0 saturated carbocycles. The summed E-state index contributed by atoms with van der Waals surface area (Å²) < 4.78 is 37.2. The Morgan fingerprint density at radius 2 is 2.00 bits per heavy atom. The number of hydrogen-bond donors (Lipinski definition) is 0. The minimum atomic E-state index is -4.45. The summed E-state index contributed by atoms with van der Waals surface area (Å²) in [6.07, 6.45) is -0.303. The molecule has 18 heavy (non-hydrogen) atoms. The van der Waals surface area contributed by atoms with E-state index in [1.165, 1.54) is 6.08 Å². The zero-order valence-electron chi connectivity index (χ0n) is 9.15. The number of aromatic nitrogens is 2. The van der Waals surface area contributed by atoms with Crippen LogP contribution in [0.15, 0.2) is 36.5 Å². The average molecular weight is 249 g/mol. The summed E-state index contributed by atoms with van der Waals surface area (Å²) in [6.45, 7) is 0. The summed E-state index contributed by atoms with van der Waals surface area (Å²) in [7, 11) is 0. The number of hydrogen-bond acceptors (Lipinski definition) is 2. The minimum Gasteiger partial charge on any atom is -0.237 e. The Morgan fingerprint density at radius 3 is 2.67 bits per heavy atom. The van der Waals surface area contributed by atoms with E-state index in [-0.39, 0.29) is 5.82 Å². The maximum Gasteiger partial charge on any atom is 0.433 e. The van der Waals surface area contributed by atoms with Gasteiger partial charge in [0.25, 0.3) is 0 Å². The second kappa shape index (κ2) is 5.00. The van der Waals surface area contributed by atoms with Crippen molar-refractivity contribution in [2.75, 3.05) is 0 Å². The smallest absolute Gasteiger partial charge is 0.237 e. The lowest BCUT2D eigenvalue weighted by Crippen LogP contribution is -2.08. The van der Waals surface area contributed by atoms with Crippen LogP contribution >= 0.6 is 0 Å². The van der Waals surface area contributed by atoms with Crippen LogP contribution in [-0.2, 0) is 6.18 Å². The Morgan fingerprint density at radius 1 is 1.17 bits per heavy atom. The largest absolute Gasteiger partial charge is 0.433 e. The van der Waals surface area contributed by atoms with Crippen LogP contribution in [0.25, 0.3) is 12.2 Å². The van der Waals surface area contributed by atoms with Crippen LogP contribution in [0.2, 0.25) is 0 Å². The fourth-order valence-electron chi connectivity index (χ4n) is 1.29. The maximum absolute atomic E-state index is 12.4. The molecule has 1 aromatic heterocycles. The van der Waals surface area contributed by atoms with Crippen LogP contribution in [0.4, 0.5) is 13.2 Å². The molecule has 0 atom stereocenters. The molecule has 5 heteroatoms. The molecule has 0 amide bonds. The van der Waals surface area contributed by atoms with Crippen molar-refractivity contribution < 1.29 is 13.2 Å². The van der Waals surface area contributed by atoms with E-state index in [1.807, 2.05) is 0 Å². The third-order valence-corrected chi connectivity index (χ3v) is 2.12. The molecule has 91 valence electrons. The number of rotatable bonds is 2. The van der Waals surface area contributed by atoms with E-state index in [0.29, 0.717) is 0 Å². The Labute approximate surface area is 102 Å². The number of nitrogens with zero attached hydrogens (tertiary/aromatic N) is 2. The van der Waals surface area contributed by atoms with Crippen molar-refractivity contribution in [2.24, 2.45) is 0 Å². The first-order valence-electron chi connectivity index (χ1n) is 5.10. The standard InChI is InChI=1S/C13H8F3N2/c14-13(15,16)11-8-9-17-12(18-11)7-6-10-4-2-1-3-5-10/h1-2,4-9H. The zero-order chi connectivity index (χ0) is 13.0. The van der Waals surface area contributed by atoms with Crippen molar-refractivity contribution in [3.8, 4) is 0 Å². The summed E-state index contributed by atoms with van der Waals surface area (Å²) >= 11 is 0. The second-order valence-electron chi connectivity index (χ2n) is 3.47. The highest BCUT2D eigenvalue weighted by atomic mass is 19.4. The van der Waals surface area contributed by atoms with Gasteiger partial charge in [-0.25, -0.2) is 9.97 Å². The van der Waals surface area contributed by atoms with Gasteiger partial charge < -0.3 is 0 Å². The van der Waals surface area contributed by atoms with Crippen LogP contribution in [0.5, 0.6) is 0 Å². The van der Waals surface area contributed by atoms with Crippen LogP contribution < -0.4 is 0 Å². The van der Waals surface area contributed by atoms with Gasteiger partial charge >= 0.3 is 6.18 Å². The molecule has 1 heterocycles. The minimum absolute atomic E-state index is 0.0219. The van der Waals surface area contributed by atoms with Gasteiger partial charge in [0.15, 0.2) is 5.82 Å². The molecule has 2 aromatic rings. The monoisotopic (exact) mass is 249 g/mol. The fourth-order valence-corrected chi connectivity index (χ4v) is 1.29. The molecule has 0 aliphatic carbocycles.